The van der Waals surface area contributed by atoms with Crippen LogP contribution in [0.25, 0.3) is 10.6 Å². The van der Waals surface area contributed by atoms with Crippen LogP contribution in [-0.4, -0.2) is 11.0 Å². The van der Waals surface area contributed by atoms with Crippen molar-refractivity contribution in [2.45, 2.75) is 6.92 Å². The summed E-state index contributed by atoms with van der Waals surface area (Å²) in [6.07, 6.45) is 0. The van der Waals surface area contributed by atoms with Gasteiger partial charge in [0, 0.05) is 5.56 Å². The highest BCUT2D eigenvalue weighted by atomic mass is 32.1. The predicted molar refractivity (Wildman–Crippen MR) is 88.4 cm³/mol. The van der Waals surface area contributed by atoms with Crippen molar-refractivity contribution in [1.29, 1.82) is 5.26 Å². The first-order valence-corrected chi connectivity index (χ1v) is 7.74. The van der Waals surface area contributed by atoms with E-state index in [0.29, 0.717) is 21.9 Å². The summed E-state index contributed by atoms with van der Waals surface area (Å²) in [7, 11) is 0. The summed E-state index contributed by atoms with van der Waals surface area (Å²) >= 11 is 1.30. The van der Waals surface area contributed by atoms with Crippen molar-refractivity contribution in [3.8, 4) is 22.4 Å². The zero-order chi connectivity index (χ0) is 16.2. The van der Waals surface area contributed by atoms with E-state index in [4.69, 9.17) is 10.00 Å². The Hall–Kier alpha value is -2.97. The number of carbonyl (C=O) groups excluding carboxylic acids is 1. The third-order valence-corrected chi connectivity index (χ3v) is 4.36. The van der Waals surface area contributed by atoms with Gasteiger partial charge in [-0.3, -0.25) is 0 Å². The van der Waals surface area contributed by atoms with Crippen LogP contribution in [0.3, 0.4) is 0 Å². The summed E-state index contributed by atoms with van der Waals surface area (Å²) in [5.74, 6) is -0.111. The van der Waals surface area contributed by atoms with Gasteiger partial charge in [-0.15, -0.1) is 11.3 Å². The molecule has 0 fully saturated rings. The fourth-order valence-corrected chi connectivity index (χ4v) is 3.02. The number of thiazole rings is 1. The van der Waals surface area contributed by atoms with E-state index in [2.05, 4.69) is 4.98 Å². The number of aryl methyl sites for hydroxylation is 1. The molecular weight excluding hydrogens is 308 g/mol. The van der Waals surface area contributed by atoms with E-state index in [1.165, 1.54) is 17.4 Å². The predicted octanol–water partition coefficient (Wildman–Crippen LogP) is 4.21. The first-order chi connectivity index (χ1) is 11.2. The van der Waals surface area contributed by atoms with Gasteiger partial charge in [0.15, 0.2) is 0 Å². The molecule has 112 valence electrons. The highest BCUT2D eigenvalue weighted by molar-refractivity contribution is 7.17. The van der Waals surface area contributed by atoms with Crippen LogP contribution in [0.15, 0.2) is 54.6 Å². The molecule has 0 aliphatic carbocycles. The number of ether oxygens (including phenoxy) is 1. The van der Waals surface area contributed by atoms with Crippen molar-refractivity contribution in [1.82, 2.24) is 4.98 Å². The van der Waals surface area contributed by atoms with Crippen molar-refractivity contribution in [3.63, 3.8) is 0 Å². The van der Waals surface area contributed by atoms with Gasteiger partial charge in [0.1, 0.15) is 15.6 Å². The Morgan fingerprint density at radius 3 is 2.70 bits per heavy atom. The third kappa shape index (κ3) is 3.28. The van der Waals surface area contributed by atoms with Crippen LogP contribution < -0.4 is 4.74 Å². The standard InChI is InChI=1S/C18H12N2O2S/c1-12-16(23-17(20-12)14-7-3-2-4-8-14)18(21)22-15-9-5-6-13(10-15)11-19/h2-10H,1H3. The molecule has 1 aromatic heterocycles. The number of esters is 1. The molecule has 0 unspecified atom stereocenters. The first kappa shape index (κ1) is 14.9. The van der Waals surface area contributed by atoms with Gasteiger partial charge in [0.2, 0.25) is 0 Å². The molecule has 0 N–H and O–H groups in total. The Kier molecular flexibility index (Phi) is 4.18. The molecular formula is C18H12N2O2S. The van der Waals surface area contributed by atoms with Gasteiger partial charge in [-0.2, -0.15) is 5.26 Å². The van der Waals surface area contributed by atoms with Gasteiger partial charge < -0.3 is 4.74 Å². The SMILES string of the molecule is Cc1nc(-c2ccccc2)sc1C(=O)Oc1cccc(C#N)c1. The highest BCUT2D eigenvalue weighted by Gasteiger charge is 2.18. The summed E-state index contributed by atoms with van der Waals surface area (Å²) < 4.78 is 5.35. The molecule has 0 spiro atoms. The topological polar surface area (TPSA) is 63.0 Å². The molecule has 0 saturated heterocycles. The monoisotopic (exact) mass is 320 g/mol. The Morgan fingerprint density at radius 2 is 1.96 bits per heavy atom. The van der Waals surface area contributed by atoms with Crippen molar-refractivity contribution < 1.29 is 9.53 Å². The lowest BCUT2D eigenvalue weighted by atomic mass is 10.2. The van der Waals surface area contributed by atoms with Gasteiger partial charge in [0.05, 0.1) is 17.3 Å². The van der Waals surface area contributed by atoms with Crippen LogP contribution >= 0.6 is 11.3 Å². The van der Waals surface area contributed by atoms with Crippen LogP contribution in [0, 0.1) is 18.3 Å². The number of hydrogen-bond donors (Lipinski definition) is 0. The molecule has 3 aromatic rings. The Balaban J connectivity index is 1.85. The maximum absolute atomic E-state index is 12.3. The van der Waals surface area contributed by atoms with Crippen LogP contribution in [0.5, 0.6) is 5.75 Å². The smallest absolute Gasteiger partial charge is 0.355 e. The highest BCUT2D eigenvalue weighted by Crippen LogP contribution is 2.28. The lowest BCUT2D eigenvalue weighted by Gasteiger charge is -2.02. The van der Waals surface area contributed by atoms with Gasteiger partial charge in [-0.1, -0.05) is 36.4 Å². The van der Waals surface area contributed by atoms with Crippen molar-refractivity contribution in [3.05, 3.63) is 70.7 Å². The van der Waals surface area contributed by atoms with E-state index in [1.807, 2.05) is 36.4 Å². The molecule has 0 amide bonds. The van der Waals surface area contributed by atoms with Crippen LogP contribution in [-0.2, 0) is 0 Å². The van der Waals surface area contributed by atoms with E-state index < -0.39 is 5.97 Å². The van der Waals surface area contributed by atoms with Gasteiger partial charge in [-0.25, -0.2) is 9.78 Å². The average molecular weight is 320 g/mol. The Morgan fingerprint density at radius 1 is 1.17 bits per heavy atom. The molecule has 1 heterocycles. The molecule has 0 saturated carbocycles. The number of carbonyl (C=O) groups is 1. The lowest BCUT2D eigenvalue weighted by Crippen LogP contribution is -2.08. The number of nitriles is 1. The minimum atomic E-state index is -0.461. The maximum atomic E-state index is 12.3. The Labute approximate surface area is 137 Å². The summed E-state index contributed by atoms with van der Waals surface area (Å²) in [6, 6.07) is 18.2. The molecule has 0 radical (unpaired) electrons. The third-order valence-electron chi connectivity index (χ3n) is 3.18. The molecule has 0 aliphatic rings. The van der Waals surface area contributed by atoms with Gasteiger partial charge in [0.25, 0.3) is 0 Å². The van der Waals surface area contributed by atoms with Gasteiger partial charge in [-0.05, 0) is 25.1 Å². The quantitative estimate of drug-likeness (QED) is 0.536. The molecule has 0 atom stereocenters. The van der Waals surface area contributed by atoms with Crippen molar-refractivity contribution in [2.75, 3.05) is 0 Å². The van der Waals surface area contributed by atoms with E-state index >= 15 is 0 Å². The molecule has 4 nitrogen and oxygen atoms in total. The normalized spacial score (nSPS) is 10.1. The summed E-state index contributed by atoms with van der Waals surface area (Å²) in [4.78, 5) is 17.3. The van der Waals surface area contributed by atoms with Crippen LogP contribution in [0.2, 0.25) is 0 Å². The minimum absolute atomic E-state index is 0.350. The van der Waals surface area contributed by atoms with E-state index in [9.17, 15) is 4.79 Å². The van der Waals surface area contributed by atoms with E-state index in [-0.39, 0.29) is 0 Å². The van der Waals surface area contributed by atoms with Crippen LogP contribution in [0.1, 0.15) is 20.9 Å². The second-order valence-electron chi connectivity index (χ2n) is 4.83. The van der Waals surface area contributed by atoms with E-state index in [1.54, 1.807) is 25.1 Å². The Bertz CT molecular complexity index is 895. The average Bonchev–Trinajstić information content (AvgIpc) is 2.98. The zero-order valence-corrected chi connectivity index (χ0v) is 13.1. The lowest BCUT2D eigenvalue weighted by molar-refractivity contribution is 0.0739. The summed E-state index contributed by atoms with van der Waals surface area (Å²) in [5.41, 5.74) is 2.04. The number of aromatic nitrogens is 1. The molecule has 0 aliphatic heterocycles. The second-order valence-corrected chi connectivity index (χ2v) is 5.83. The first-order valence-electron chi connectivity index (χ1n) is 6.92. The maximum Gasteiger partial charge on any atom is 0.355 e. The second kappa shape index (κ2) is 6.42. The molecule has 0 bridgehead atoms. The molecule has 5 heteroatoms. The van der Waals surface area contributed by atoms with Gasteiger partial charge >= 0.3 is 5.97 Å². The van der Waals surface area contributed by atoms with Crippen molar-refractivity contribution >= 4 is 17.3 Å². The molecule has 2 aromatic carbocycles. The fourth-order valence-electron chi connectivity index (χ4n) is 2.07. The minimum Gasteiger partial charge on any atom is -0.422 e. The largest absolute Gasteiger partial charge is 0.422 e. The van der Waals surface area contributed by atoms with Crippen LogP contribution in [0.4, 0.5) is 0 Å². The molecule has 23 heavy (non-hydrogen) atoms. The number of rotatable bonds is 3. The number of hydrogen-bond acceptors (Lipinski definition) is 5. The number of nitrogens with zero attached hydrogens (tertiary/aromatic N) is 2. The van der Waals surface area contributed by atoms with Crippen molar-refractivity contribution in [2.24, 2.45) is 0 Å². The number of benzene rings is 2. The van der Waals surface area contributed by atoms with E-state index in [0.717, 1.165) is 10.6 Å². The summed E-state index contributed by atoms with van der Waals surface area (Å²) in [6.45, 7) is 1.78. The zero-order valence-electron chi connectivity index (χ0n) is 12.3. The fraction of sp³-hybridized carbons (Fsp3) is 0.0556. The molecule has 3 rings (SSSR count). The summed E-state index contributed by atoms with van der Waals surface area (Å²) in [5, 5.41) is 9.67.